The molecule has 0 bridgehead atoms. The van der Waals surface area contributed by atoms with Crippen LogP contribution in [-0.4, -0.2) is 27.6 Å². The van der Waals surface area contributed by atoms with Gasteiger partial charge < -0.3 is 0 Å². The van der Waals surface area contributed by atoms with Crippen molar-refractivity contribution in [3.63, 3.8) is 0 Å². The zero-order valence-electron chi connectivity index (χ0n) is 9.05. The molecule has 0 aliphatic heterocycles. The molecule has 16 heavy (non-hydrogen) atoms. The smallest absolute Gasteiger partial charge is 0.282 e. The van der Waals surface area contributed by atoms with Crippen LogP contribution in [0.5, 0.6) is 0 Å². The Morgan fingerprint density at radius 2 is 1.31 bits per heavy atom. The molecule has 7 heteroatoms. The lowest BCUT2D eigenvalue weighted by atomic mass is 10.2. The number of sulfone groups is 1. The second kappa shape index (κ2) is 3.83. The zero-order valence-corrected chi connectivity index (χ0v) is 10.7. The van der Waals surface area contributed by atoms with Gasteiger partial charge in [-0.25, -0.2) is 8.42 Å². The van der Waals surface area contributed by atoms with Crippen LogP contribution in [0.15, 0.2) is 21.9 Å². The van der Waals surface area contributed by atoms with E-state index in [0.717, 1.165) is 12.3 Å². The Morgan fingerprint density at radius 3 is 1.69 bits per heavy atom. The minimum Gasteiger partial charge on any atom is -0.282 e. The largest absolute Gasteiger partial charge is 0.294 e. The standard InChI is InChI=1S/C9H12O5S2/c1-6-5-9(16(12,13)14)7(2)4-8(6)15(3,10)11/h4-5H,1-3H3,(H,12,13,14). The van der Waals surface area contributed by atoms with Crippen molar-refractivity contribution in [2.24, 2.45) is 0 Å². The van der Waals surface area contributed by atoms with Crippen molar-refractivity contribution in [3.8, 4) is 0 Å². The van der Waals surface area contributed by atoms with E-state index in [0.29, 0.717) is 5.56 Å². The average molecular weight is 264 g/mol. The third kappa shape index (κ3) is 2.60. The first kappa shape index (κ1) is 13.1. The molecule has 0 saturated heterocycles. The molecule has 0 atom stereocenters. The summed E-state index contributed by atoms with van der Waals surface area (Å²) in [4.78, 5) is -0.199. The van der Waals surface area contributed by atoms with Gasteiger partial charge in [0, 0.05) is 6.26 Å². The monoisotopic (exact) mass is 264 g/mol. The van der Waals surface area contributed by atoms with Gasteiger partial charge in [0.2, 0.25) is 0 Å². The van der Waals surface area contributed by atoms with Crippen LogP contribution < -0.4 is 0 Å². The summed E-state index contributed by atoms with van der Waals surface area (Å²) in [7, 11) is -7.71. The van der Waals surface area contributed by atoms with Crippen molar-refractivity contribution in [3.05, 3.63) is 23.3 Å². The molecular weight excluding hydrogens is 252 g/mol. The van der Waals surface area contributed by atoms with Crippen molar-refractivity contribution in [2.45, 2.75) is 23.6 Å². The molecule has 0 radical (unpaired) electrons. The van der Waals surface area contributed by atoms with E-state index in [1.165, 1.54) is 19.9 Å². The van der Waals surface area contributed by atoms with Gasteiger partial charge in [0.05, 0.1) is 9.79 Å². The Bertz CT molecular complexity index is 568. The van der Waals surface area contributed by atoms with Gasteiger partial charge in [-0.15, -0.1) is 0 Å². The van der Waals surface area contributed by atoms with E-state index in [4.69, 9.17) is 4.55 Å². The molecule has 0 heterocycles. The number of benzene rings is 1. The van der Waals surface area contributed by atoms with E-state index < -0.39 is 20.0 Å². The SMILES string of the molecule is Cc1cc(S(=O)(=O)O)c(C)cc1S(C)(=O)=O. The molecule has 1 aromatic rings. The van der Waals surface area contributed by atoms with E-state index in [-0.39, 0.29) is 15.4 Å². The summed E-state index contributed by atoms with van der Waals surface area (Å²) in [6.07, 6.45) is 1.04. The molecule has 0 aliphatic carbocycles. The van der Waals surface area contributed by atoms with Crippen molar-refractivity contribution in [2.75, 3.05) is 6.26 Å². The summed E-state index contributed by atoms with van der Waals surface area (Å²) in [6.45, 7) is 2.90. The van der Waals surface area contributed by atoms with Crippen LogP contribution in [0, 0.1) is 13.8 Å². The second-order valence-corrected chi connectivity index (χ2v) is 7.00. The fourth-order valence-corrected chi connectivity index (χ4v) is 3.27. The van der Waals surface area contributed by atoms with Gasteiger partial charge in [-0.2, -0.15) is 8.42 Å². The number of rotatable bonds is 2. The van der Waals surface area contributed by atoms with Crippen LogP contribution in [0.1, 0.15) is 11.1 Å². The van der Waals surface area contributed by atoms with Gasteiger partial charge in [0.25, 0.3) is 10.1 Å². The third-order valence-corrected chi connectivity index (χ3v) is 4.38. The van der Waals surface area contributed by atoms with Crippen LogP contribution in [0.25, 0.3) is 0 Å². The molecule has 1 rings (SSSR count). The molecule has 5 nitrogen and oxygen atoms in total. The minimum atomic E-state index is -4.31. The van der Waals surface area contributed by atoms with E-state index in [2.05, 4.69) is 0 Å². The van der Waals surface area contributed by atoms with Gasteiger partial charge in [-0.05, 0) is 37.1 Å². The first-order valence-corrected chi connectivity index (χ1v) is 7.65. The molecule has 1 N–H and O–H groups in total. The molecule has 0 unspecified atom stereocenters. The highest BCUT2D eigenvalue weighted by Crippen LogP contribution is 2.23. The maximum Gasteiger partial charge on any atom is 0.294 e. The van der Waals surface area contributed by atoms with Gasteiger partial charge >= 0.3 is 0 Å². The Morgan fingerprint density at radius 1 is 0.938 bits per heavy atom. The fourth-order valence-electron chi connectivity index (χ4n) is 1.44. The van der Waals surface area contributed by atoms with Crippen LogP contribution in [0.4, 0.5) is 0 Å². The van der Waals surface area contributed by atoms with Crippen molar-refractivity contribution in [1.82, 2.24) is 0 Å². The molecule has 0 spiro atoms. The molecular formula is C9H12O5S2. The quantitative estimate of drug-likeness (QED) is 0.803. The molecule has 0 amide bonds. The van der Waals surface area contributed by atoms with Crippen LogP contribution >= 0.6 is 0 Å². The fraction of sp³-hybridized carbons (Fsp3) is 0.333. The highest BCUT2D eigenvalue weighted by Gasteiger charge is 2.18. The summed E-state index contributed by atoms with van der Waals surface area (Å²) in [6, 6.07) is 2.40. The number of hydrogen-bond donors (Lipinski definition) is 1. The molecule has 0 aliphatic rings. The van der Waals surface area contributed by atoms with Crippen LogP contribution in [0.3, 0.4) is 0 Å². The number of hydrogen-bond acceptors (Lipinski definition) is 4. The maximum atomic E-state index is 11.4. The predicted octanol–water partition coefficient (Wildman–Crippen LogP) is 0.954. The summed E-state index contributed by atoms with van der Waals surface area (Å²) in [5.41, 5.74) is 0.495. The van der Waals surface area contributed by atoms with E-state index in [1.54, 1.807) is 0 Å². The van der Waals surface area contributed by atoms with Crippen LogP contribution in [0.2, 0.25) is 0 Å². The maximum absolute atomic E-state index is 11.4. The summed E-state index contributed by atoms with van der Waals surface area (Å²) < 4.78 is 53.6. The first-order chi connectivity index (χ1) is 7.03. The van der Waals surface area contributed by atoms with Crippen LogP contribution in [-0.2, 0) is 20.0 Å². The molecule has 0 aromatic heterocycles. The summed E-state index contributed by atoms with van der Waals surface area (Å²) in [5.74, 6) is 0. The minimum absolute atomic E-state index is 0.0670. The summed E-state index contributed by atoms with van der Waals surface area (Å²) >= 11 is 0. The normalized spacial score (nSPS) is 12.8. The van der Waals surface area contributed by atoms with E-state index >= 15 is 0 Å². The first-order valence-electron chi connectivity index (χ1n) is 4.32. The lowest BCUT2D eigenvalue weighted by molar-refractivity contribution is 0.482. The molecule has 1 aromatic carbocycles. The highest BCUT2D eigenvalue weighted by atomic mass is 32.2. The predicted molar refractivity (Wildman–Crippen MR) is 58.8 cm³/mol. The lowest BCUT2D eigenvalue weighted by Gasteiger charge is -2.08. The lowest BCUT2D eigenvalue weighted by Crippen LogP contribution is -2.06. The van der Waals surface area contributed by atoms with Crippen molar-refractivity contribution < 1.29 is 21.4 Å². The average Bonchev–Trinajstić information content (AvgIpc) is 2.04. The van der Waals surface area contributed by atoms with E-state index in [9.17, 15) is 16.8 Å². The highest BCUT2D eigenvalue weighted by molar-refractivity contribution is 7.90. The van der Waals surface area contributed by atoms with Gasteiger partial charge in [-0.1, -0.05) is 0 Å². The van der Waals surface area contributed by atoms with Gasteiger partial charge in [0.1, 0.15) is 0 Å². The Kier molecular flexibility index (Phi) is 3.15. The van der Waals surface area contributed by atoms with E-state index in [1.807, 2.05) is 0 Å². The molecule has 90 valence electrons. The third-order valence-electron chi connectivity index (χ3n) is 2.15. The zero-order chi connectivity index (χ0) is 12.7. The Balaban J connectivity index is 3.65. The second-order valence-electron chi connectivity index (χ2n) is 3.63. The summed E-state index contributed by atoms with van der Waals surface area (Å²) in [5, 5.41) is 0. The van der Waals surface area contributed by atoms with Crippen molar-refractivity contribution >= 4 is 20.0 Å². The topological polar surface area (TPSA) is 88.5 Å². The van der Waals surface area contributed by atoms with Gasteiger partial charge in [0.15, 0.2) is 9.84 Å². The molecule has 0 saturated carbocycles. The van der Waals surface area contributed by atoms with Gasteiger partial charge in [-0.3, -0.25) is 4.55 Å². The molecule has 0 fully saturated rings. The van der Waals surface area contributed by atoms with Crippen molar-refractivity contribution in [1.29, 1.82) is 0 Å². The Labute approximate surface area is 94.8 Å². The number of aryl methyl sites for hydroxylation is 2. The Hall–Kier alpha value is -0.920.